The molecule has 2 amide bonds. The van der Waals surface area contributed by atoms with Crippen LogP contribution in [0.4, 0.5) is 10.8 Å². The van der Waals surface area contributed by atoms with Crippen LogP contribution in [-0.2, 0) is 19.4 Å². The monoisotopic (exact) mass is 445 g/mol. The molecule has 1 atom stereocenters. The lowest BCUT2D eigenvalue weighted by Crippen LogP contribution is -2.28. The number of aromatic nitrogens is 1. The van der Waals surface area contributed by atoms with Crippen molar-refractivity contribution in [1.29, 1.82) is 0 Å². The smallest absolute Gasteiger partial charge is 0.231 e. The molecule has 156 valence electrons. The number of carbonyl (C=O) groups excluding carboxylic acids is 2. The third kappa shape index (κ3) is 3.88. The van der Waals surface area contributed by atoms with Gasteiger partial charge in [0.1, 0.15) is 5.75 Å². The number of hydrogen-bond donors (Lipinski definition) is 1. The zero-order valence-corrected chi connectivity index (χ0v) is 17.9. The molecule has 8 nitrogen and oxygen atoms in total. The lowest BCUT2D eigenvalue weighted by atomic mass is 10.1. The van der Waals surface area contributed by atoms with E-state index in [9.17, 15) is 18.0 Å². The van der Waals surface area contributed by atoms with Crippen LogP contribution < -0.4 is 15.0 Å². The Morgan fingerprint density at radius 2 is 2.03 bits per heavy atom. The predicted octanol–water partition coefficient (Wildman–Crippen LogP) is 2.70. The van der Waals surface area contributed by atoms with Gasteiger partial charge in [-0.2, -0.15) is 0 Å². The third-order valence-electron chi connectivity index (χ3n) is 4.89. The summed E-state index contributed by atoms with van der Waals surface area (Å²) in [6.07, 6.45) is 1.23. The largest absolute Gasteiger partial charge is 0.495 e. The second kappa shape index (κ2) is 7.69. The van der Waals surface area contributed by atoms with E-state index < -0.39 is 15.8 Å². The van der Waals surface area contributed by atoms with E-state index >= 15 is 0 Å². The molecule has 1 saturated heterocycles. The Bertz CT molecular complexity index is 1250. The van der Waals surface area contributed by atoms with Crippen molar-refractivity contribution in [2.24, 2.45) is 5.92 Å². The molecule has 1 N–H and O–H groups in total. The Morgan fingerprint density at radius 3 is 2.77 bits per heavy atom. The number of rotatable bonds is 5. The number of nitrogens with zero attached hydrogens (tertiary/aromatic N) is 2. The van der Waals surface area contributed by atoms with Crippen LogP contribution in [0.25, 0.3) is 10.2 Å². The lowest BCUT2D eigenvalue weighted by molar-refractivity contribution is -0.122. The molecular formula is C20H19N3O5S2. The molecule has 2 heterocycles. The van der Waals surface area contributed by atoms with E-state index in [-0.39, 0.29) is 29.7 Å². The number of sulfone groups is 1. The summed E-state index contributed by atoms with van der Waals surface area (Å²) in [5, 5.41) is 3.13. The molecule has 30 heavy (non-hydrogen) atoms. The predicted molar refractivity (Wildman–Crippen MR) is 115 cm³/mol. The van der Waals surface area contributed by atoms with Crippen LogP contribution in [-0.4, -0.2) is 45.1 Å². The number of hydrogen-bond acceptors (Lipinski definition) is 7. The summed E-state index contributed by atoms with van der Waals surface area (Å²) in [6, 6.07) is 11.8. The number of amides is 2. The van der Waals surface area contributed by atoms with Gasteiger partial charge in [0, 0.05) is 19.2 Å². The van der Waals surface area contributed by atoms with Gasteiger partial charge in [0.2, 0.25) is 11.8 Å². The summed E-state index contributed by atoms with van der Waals surface area (Å²) in [6.45, 7) is 0.244. The second-order valence-corrected chi connectivity index (χ2v) is 10.0. The van der Waals surface area contributed by atoms with Gasteiger partial charge >= 0.3 is 0 Å². The normalized spacial score (nSPS) is 16.8. The molecule has 1 fully saturated rings. The highest BCUT2D eigenvalue weighted by atomic mass is 32.2. The summed E-state index contributed by atoms with van der Waals surface area (Å²) >= 11 is 1.19. The molecule has 2 aromatic carbocycles. The highest BCUT2D eigenvalue weighted by Gasteiger charge is 2.36. The fourth-order valence-corrected chi connectivity index (χ4v) is 5.00. The number of nitrogens with one attached hydrogen (secondary N) is 1. The maximum absolute atomic E-state index is 12.7. The molecule has 1 aliphatic rings. The van der Waals surface area contributed by atoms with Gasteiger partial charge < -0.3 is 15.0 Å². The molecule has 3 aromatic rings. The molecule has 0 unspecified atom stereocenters. The molecule has 0 radical (unpaired) electrons. The highest BCUT2D eigenvalue weighted by Crippen LogP contribution is 2.34. The van der Waals surface area contributed by atoms with Crippen LogP contribution in [0.3, 0.4) is 0 Å². The number of carbonyl (C=O) groups is 2. The number of anilines is 2. The number of para-hydroxylation sites is 2. The first-order valence-electron chi connectivity index (χ1n) is 9.11. The lowest BCUT2D eigenvalue weighted by Gasteiger charge is -2.19. The van der Waals surface area contributed by atoms with E-state index in [4.69, 9.17) is 4.74 Å². The molecule has 0 aliphatic carbocycles. The van der Waals surface area contributed by atoms with Crippen LogP contribution >= 0.6 is 11.3 Å². The Labute approximate surface area is 177 Å². The van der Waals surface area contributed by atoms with Crippen molar-refractivity contribution >= 4 is 54.0 Å². The first kappa shape index (κ1) is 20.3. The molecule has 10 heteroatoms. The Kier molecular flexibility index (Phi) is 5.20. The van der Waals surface area contributed by atoms with Crippen LogP contribution in [0.5, 0.6) is 5.75 Å². The maximum Gasteiger partial charge on any atom is 0.231 e. The minimum Gasteiger partial charge on any atom is -0.495 e. The number of benzene rings is 2. The van der Waals surface area contributed by atoms with Gasteiger partial charge in [-0.1, -0.05) is 23.5 Å². The molecule has 4 rings (SSSR count). The van der Waals surface area contributed by atoms with Crippen molar-refractivity contribution < 1.29 is 22.7 Å². The van der Waals surface area contributed by atoms with Gasteiger partial charge in [0.15, 0.2) is 15.0 Å². The van der Waals surface area contributed by atoms with Crippen molar-refractivity contribution in [2.75, 3.05) is 30.1 Å². The van der Waals surface area contributed by atoms with Gasteiger partial charge in [-0.15, -0.1) is 0 Å². The summed E-state index contributed by atoms with van der Waals surface area (Å²) in [4.78, 5) is 31.3. The third-order valence-corrected chi connectivity index (χ3v) is 6.93. The quantitative estimate of drug-likeness (QED) is 0.647. The van der Waals surface area contributed by atoms with Crippen LogP contribution in [0, 0.1) is 5.92 Å². The second-order valence-electron chi connectivity index (χ2n) is 6.99. The molecule has 0 bridgehead atoms. The van der Waals surface area contributed by atoms with E-state index in [1.54, 1.807) is 29.2 Å². The van der Waals surface area contributed by atoms with E-state index in [1.165, 1.54) is 24.5 Å². The zero-order chi connectivity index (χ0) is 21.5. The van der Waals surface area contributed by atoms with Crippen molar-refractivity contribution in [3.05, 3.63) is 42.5 Å². The molecular weight excluding hydrogens is 426 g/mol. The van der Waals surface area contributed by atoms with Crippen molar-refractivity contribution in [1.82, 2.24) is 4.98 Å². The number of fused-ring (bicyclic) bond motifs is 1. The minimum absolute atomic E-state index is 0.0903. The van der Waals surface area contributed by atoms with Crippen molar-refractivity contribution in [3.8, 4) is 5.75 Å². The Hall–Kier alpha value is -2.98. The van der Waals surface area contributed by atoms with E-state index in [2.05, 4.69) is 10.3 Å². The number of ether oxygens (including phenoxy) is 1. The van der Waals surface area contributed by atoms with Gasteiger partial charge in [-0.3, -0.25) is 9.59 Å². The number of thiazole rings is 1. The average molecular weight is 446 g/mol. The fraction of sp³-hybridized carbons (Fsp3) is 0.250. The summed E-state index contributed by atoms with van der Waals surface area (Å²) in [5.74, 6) is -0.411. The fourth-order valence-electron chi connectivity index (χ4n) is 3.37. The van der Waals surface area contributed by atoms with Gasteiger partial charge in [-0.05, 0) is 30.3 Å². The van der Waals surface area contributed by atoms with Crippen molar-refractivity contribution in [3.63, 3.8) is 0 Å². The summed E-state index contributed by atoms with van der Waals surface area (Å²) in [7, 11) is -1.79. The molecule has 1 aromatic heterocycles. The first-order chi connectivity index (χ1) is 14.3. The summed E-state index contributed by atoms with van der Waals surface area (Å²) in [5.41, 5.74) is 1.23. The Balaban J connectivity index is 1.51. The molecule has 1 aliphatic heterocycles. The maximum atomic E-state index is 12.7. The van der Waals surface area contributed by atoms with Gasteiger partial charge in [-0.25, -0.2) is 13.4 Å². The van der Waals surface area contributed by atoms with Gasteiger partial charge in [0.25, 0.3) is 0 Å². The van der Waals surface area contributed by atoms with E-state index in [1.807, 2.05) is 12.1 Å². The SMILES string of the molecule is COc1ccccc1N1C[C@@H](C(=O)Nc2nc3ccc(S(C)(=O)=O)cc3s2)CC1=O. The summed E-state index contributed by atoms with van der Waals surface area (Å²) < 4.78 is 29.4. The molecule has 0 saturated carbocycles. The average Bonchev–Trinajstić information content (AvgIpc) is 3.29. The molecule has 0 spiro atoms. The zero-order valence-electron chi connectivity index (χ0n) is 16.3. The van der Waals surface area contributed by atoms with Crippen molar-refractivity contribution in [2.45, 2.75) is 11.3 Å². The van der Waals surface area contributed by atoms with Gasteiger partial charge in [0.05, 0.1) is 33.8 Å². The number of methoxy groups -OCH3 is 1. The topological polar surface area (TPSA) is 106 Å². The van der Waals surface area contributed by atoms with Crippen LogP contribution in [0.2, 0.25) is 0 Å². The minimum atomic E-state index is -3.33. The highest BCUT2D eigenvalue weighted by molar-refractivity contribution is 7.90. The first-order valence-corrected chi connectivity index (χ1v) is 11.8. The van der Waals surface area contributed by atoms with Crippen LogP contribution in [0.15, 0.2) is 47.4 Å². The van der Waals surface area contributed by atoms with E-state index in [0.717, 1.165) is 6.26 Å². The Morgan fingerprint density at radius 1 is 1.27 bits per heavy atom. The van der Waals surface area contributed by atoms with E-state index in [0.29, 0.717) is 26.8 Å². The standard InChI is InChI=1S/C20H19N3O5S2/c1-28-16-6-4-3-5-15(16)23-11-12(9-18(23)24)19(25)22-20-21-14-8-7-13(30(2,26)27)10-17(14)29-20/h3-8,10,12H,9,11H2,1-2H3,(H,21,22,25)/t12-/m0/s1. The van der Waals surface area contributed by atoms with Crippen LogP contribution in [0.1, 0.15) is 6.42 Å².